The molecule has 108 valence electrons. The molecular weight excluding hydrogens is 246 g/mol. The lowest BCUT2D eigenvalue weighted by molar-refractivity contribution is 0.463. The first-order valence-electron chi connectivity index (χ1n) is 7.38. The number of hydrogen-bond donors (Lipinski definition) is 1. The zero-order chi connectivity index (χ0) is 14.8. The summed E-state index contributed by atoms with van der Waals surface area (Å²) in [6.45, 7) is 9.28. The van der Waals surface area contributed by atoms with Gasteiger partial charge in [0.2, 0.25) is 0 Å². The summed E-state index contributed by atoms with van der Waals surface area (Å²) in [6, 6.07) is 10.8. The highest BCUT2D eigenvalue weighted by Crippen LogP contribution is 2.23. The Bertz CT molecular complexity index is 564. The summed E-state index contributed by atoms with van der Waals surface area (Å²) in [5.41, 5.74) is 11.0. The van der Waals surface area contributed by atoms with Crippen molar-refractivity contribution in [2.24, 2.45) is 5.73 Å². The Morgan fingerprint density at radius 2 is 1.85 bits per heavy atom. The lowest BCUT2D eigenvalue weighted by Gasteiger charge is -2.25. The van der Waals surface area contributed by atoms with Crippen molar-refractivity contribution in [2.75, 3.05) is 0 Å². The highest BCUT2D eigenvalue weighted by molar-refractivity contribution is 5.29. The molecule has 0 spiro atoms. The van der Waals surface area contributed by atoms with Crippen LogP contribution in [0.3, 0.4) is 0 Å². The number of hydrogen-bond acceptors (Lipinski definition) is 2. The van der Waals surface area contributed by atoms with Gasteiger partial charge in [0.05, 0.1) is 5.69 Å². The Morgan fingerprint density at radius 1 is 1.20 bits per heavy atom. The van der Waals surface area contributed by atoms with Crippen molar-refractivity contribution >= 4 is 0 Å². The van der Waals surface area contributed by atoms with Gasteiger partial charge >= 0.3 is 0 Å². The number of nitrogens with two attached hydrogens (primary N) is 1. The summed E-state index contributed by atoms with van der Waals surface area (Å²) in [7, 11) is 0. The average molecular weight is 271 g/mol. The van der Waals surface area contributed by atoms with E-state index in [0.29, 0.717) is 0 Å². The number of aromatic nitrogens is 2. The average Bonchev–Trinajstić information content (AvgIpc) is 2.78. The van der Waals surface area contributed by atoms with E-state index < -0.39 is 0 Å². The molecule has 0 radical (unpaired) electrons. The number of aryl methyl sites for hydroxylation is 3. The minimum absolute atomic E-state index is 0.369. The second kappa shape index (κ2) is 5.80. The van der Waals surface area contributed by atoms with Crippen molar-refractivity contribution in [2.45, 2.75) is 52.6 Å². The smallest absolute Gasteiger partial charge is 0.0596 e. The Kier molecular flexibility index (Phi) is 4.29. The number of rotatable bonds is 5. The van der Waals surface area contributed by atoms with E-state index in [1.165, 1.54) is 16.8 Å². The summed E-state index contributed by atoms with van der Waals surface area (Å²) in [6.07, 6.45) is 1.86. The molecule has 0 saturated heterocycles. The van der Waals surface area contributed by atoms with Gasteiger partial charge in [-0.3, -0.25) is 4.68 Å². The van der Waals surface area contributed by atoms with Crippen molar-refractivity contribution in [3.63, 3.8) is 0 Å². The van der Waals surface area contributed by atoms with Gasteiger partial charge in [-0.25, -0.2) is 0 Å². The van der Waals surface area contributed by atoms with E-state index in [9.17, 15) is 0 Å². The van der Waals surface area contributed by atoms with Crippen molar-refractivity contribution < 1.29 is 0 Å². The topological polar surface area (TPSA) is 43.8 Å². The van der Waals surface area contributed by atoms with Crippen LogP contribution in [0.5, 0.6) is 0 Å². The zero-order valence-corrected chi connectivity index (χ0v) is 13.0. The summed E-state index contributed by atoms with van der Waals surface area (Å²) in [5.74, 6) is 0. The van der Waals surface area contributed by atoms with Crippen LogP contribution in [0.4, 0.5) is 0 Å². The molecule has 1 unspecified atom stereocenters. The first kappa shape index (κ1) is 14.8. The number of benzene rings is 1. The monoisotopic (exact) mass is 271 g/mol. The molecule has 0 aliphatic rings. The molecule has 0 amide bonds. The van der Waals surface area contributed by atoms with E-state index in [2.05, 4.69) is 56.2 Å². The fourth-order valence-electron chi connectivity index (χ4n) is 2.61. The molecule has 2 aromatic rings. The molecular formula is C17H25N3. The molecule has 3 nitrogen and oxygen atoms in total. The van der Waals surface area contributed by atoms with Crippen LogP contribution in [0.25, 0.3) is 0 Å². The molecule has 2 rings (SSSR count). The maximum atomic E-state index is 6.55. The summed E-state index contributed by atoms with van der Waals surface area (Å²) in [4.78, 5) is 0. The molecule has 20 heavy (non-hydrogen) atoms. The molecule has 1 atom stereocenters. The predicted octanol–water partition coefficient (Wildman–Crippen LogP) is 3.19. The second-order valence-corrected chi connectivity index (χ2v) is 5.74. The third-order valence-corrected chi connectivity index (χ3v) is 3.86. The Labute approximate surface area is 121 Å². The Balaban J connectivity index is 2.24. The van der Waals surface area contributed by atoms with E-state index in [1.807, 2.05) is 11.6 Å². The molecule has 0 saturated carbocycles. The van der Waals surface area contributed by atoms with Crippen LogP contribution in [0.1, 0.15) is 43.3 Å². The Morgan fingerprint density at radius 3 is 2.40 bits per heavy atom. The van der Waals surface area contributed by atoms with Crippen LogP contribution in [0.2, 0.25) is 0 Å². The van der Waals surface area contributed by atoms with Gasteiger partial charge in [-0.1, -0.05) is 31.2 Å². The molecule has 0 aliphatic heterocycles. The third-order valence-electron chi connectivity index (χ3n) is 3.86. The fraction of sp³-hybridized carbons (Fsp3) is 0.471. The van der Waals surface area contributed by atoms with E-state index in [4.69, 9.17) is 5.73 Å². The normalized spacial score (nSPS) is 14.2. The predicted molar refractivity (Wildman–Crippen MR) is 83.7 cm³/mol. The zero-order valence-electron chi connectivity index (χ0n) is 13.0. The van der Waals surface area contributed by atoms with Crippen LogP contribution in [-0.4, -0.2) is 9.78 Å². The van der Waals surface area contributed by atoms with Gasteiger partial charge in [-0.2, -0.15) is 5.10 Å². The minimum Gasteiger partial charge on any atom is -0.321 e. The molecule has 3 heteroatoms. The van der Waals surface area contributed by atoms with E-state index in [1.54, 1.807) is 0 Å². The van der Waals surface area contributed by atoms with E-state index >= 15 is 0 Å². The van der Waals surface area contributed by atoms with Crippen molar-refractivity contribution in [1.82, 2.24) is 9.78 Å². The first-order chi connectivity index (χ1) is 9.46. The van der Waals surface area contributed by atoms with Crippen LogP contribution in [0, 0.1) is 6.92 Å². The molecule has 0 fully saturated rings. The summed E-state index contributed by atoms with van der Waals surface area (Å²) in [5, 5.41) is 4.50. The van der Waals surface area contributed by atoms with Crippen LogP contribution < -0.4 is 5.73 Å². The van der Waals surface area contributed by atoms with Gasteiger partial charge in [0.15, 0.2) is 0 Å². The Hall–Kier alpha value is -1.61. The molecule has 0 bridgehead atoms. The van der Waals surface area contributed by atoms with Crippen LogP contribution >= 0.6 is 0 Å². The molecule has 0 aliphatic carbocycles. The van der Waals surface area contributed by atoms with Gasteiger partial charge in [0.25, 0.3) is 0 Å². The highest BCUT2D eigenvalue weighted by atomic mass is 15.3. The first-order valence-corrected chi connectivity index (χ1v) is 7.38. The van der Waals surface area contributed by atoms with E-state index in [0.717, 1.165) is 25.1 Å². The van der Waals surface area contributed by atoms with Crippen LogP contribution in [-0.2, 0) is 24.9 Å². The van der Waals surface area contributed by atoms with Crippen LogP contribution in [0.15, 0.2) is 30.3 Å². The molecule has 1 heterocycles. The largest absolute Gasteiger partial charge is 0.321 e. The van der Waals surface area contributed by atoms with Gasteiger partial charge in [0, 0.05) is 24.2 Å². The molecule has 1 aromatic carbocycles. The van der Waals surface area contributed by atoms with Gasteiger partial charge in [-0.05, 0) is 44.4 Å². The third kappa shape index (κ3) is 3.10. The van der Waals surface area contributed by atoms with Crippen molar-refractivity contribution in [1.29, 1.82) is 0 Å². The fourth-order valence-corrected chi connectivity index (χ4v) is 2.61. The quantitative estimate of drug-likeness (QED) is 0.907. The van der Waals surface area contributed by atoms with E-state index in [-0.39, 0.29) is 5.54 Å². The lowest BCUT2D eigenvalue weighted by Crippen LogP contribution is -2.36. The molecule has 1 aromatic heterocycles. The maximum Gasteiger partial charge on any atom is 0.0596 e. The SMILES string of the molecule is CCc1ccc(C(C)(N)Cc2cc(C)nn2CC)cc1. The standard InChI is InChI=1S/C17H25N3/c1-5-14-7-9-15(10-8-14)17(4,18)12-16-11-13(3)19-20(16)6-2/h7-11H,5-6,12,18H2,1-4H3. The van der Waals surface area contributed by atoms with Crippen molar-refractivity contribution in [3.8, 4) is 0 Å². The van der Waals surface area contributed by atoms with Gasteiger partial charge < -0.3 is 5.73 Å². The summed E-state index contributed by atoms with van der Waals surface area (Å²) >= 11 is 0. The van der Waals surface area contributed by atoms with Crippen molar-refractivity contribution in [3.05, 3.63) is 52.8 Å². The number of nitrogens with zero attached hydrogens (tertiary/aromatic N) is 2. The second-order valence-electron chi connectivity index (χ2n) is 5.74. The lowest BCUT2D eigenvalue weighted by atomic mass is 9.87. The van der Waals surface area contributed by atoms with Gasteiger partial charge in [-0.15, -0.1) is 0 Å². The highest BCUT2D eigenvalue weighted by Gasteiger charge is 2.23. The summed E-state index contributed by atoms with van der Waals surface area (Å²) < 4.78 is 2.04. The van der Waals surface area contributed by atoms with Gasteiger partial charge in [0.1, 0.15) is 0 Å². The maximum absolute atomic E-state index is 6.55. The minimum atomic E-state index is -0.369. The molecule has 2 N–H and O–H groups in total.